The summed E-state index contributed by atoms with van der Waals surface area (Å²) in [6.07, 6.45) is 3.35. The van der Waals surface area contributed by atoms with Crippen molar-refractivity contribution >= 4 is 53.3 Å². The van der Waals surface area contributed by atoms with Crippen LogP contribution in [0.3, 0.4) is 0 Å². The molecule has 1 amide bonds. The van der Waals surface area contributed by atoms with Crippen molar-refractivity contribution in [3.63, 3.8) is 0 Å². The zero-order valence-electron chi connectivity index (χ0n) is 14.8. The number of carbonyl (C=O) groups excluding carboxylic acids is 1. The molecule has 1 fully saturated rings. The number of fused-ring (bicyclic) bond motifs is 1. The van der Waals surface area contributed by atoms with Crippen molar-refractivity contribution in [2.24, 2.45) is 7.05 Å². The van der Waals surface area contributed by atoms with Gasteiger partial charge in [-0.1, -0.05) is 6.07 Å². The lowest BCUT2D eigenvalue weighted by Gasteiger charge is -2.35. The Balaban J connectivity index is 0.00000131. The van der Waals surface area contributed by atoms with Crippen LogP contribution in [0.5, 0.6) is 0 Å². The number of hydrogen-bond acceptors (Lipinski definition) is 6. The minimum atomic E-state index is 0. The zero-order chi connectivity index (χ0) is 17.4. The minimum absolute atomic E-state index is 0. The predicted octanol–water partition coefficient (Wildman–Crippen LogP) is 1.75. The molecule has 3 aromatic rings. The van der Waals surface area contributed by atoms with E-state index in [1.54, 1.807) is 41.5 Å². The first kappa shape index (κ1) is 20.7. The van der Waals surface area contributed by atoms with Crippen molar-refractivity contribution in [1.82, 2.24) is 24.6 Å². The third-order valence-electron chi connectivity index (χ3n) is 4.51. The van der Waals surface area contributed by atoms with Gasteiger partial charge >= 0.3 is 0 Å². The first-order chi connectivity index (χ1) is 12.1. The van der Waals surface area contributed by atoms with Gasteiger partial charge in [-0.2, -0.15) is 5.10 Å². The van der Waals surface area contributed by atoms with Gasteiger partial charge in [0.15, 0.2) is 5.65 Å². The summed E-state index contributed by atoms with van der Waals surface area (Å²) in [5.41, 5.74) is 7.82. The van der Waals surface area contributed by atoms with Crippen LogP contribution in [0.4, 0.5) is 11.5 Å². The molecule has 0 bridgehead atoms. The molecule has 1 aliphatic heterocycles. The number of carbonyl (C=O) groups is 1. The highest BCUT2D eigenvalue weighted by Gasteiger charge is 2.24. The molecular formula is C17H21Cl2N7O. The summed E-state index contributed by atoms with van der Waals surface area (Å²) in [5, 5.41) is 5.18. The molecule has 0 radical (unpaired) electrons. The van der Waals surface area contributed by atoms with Gasteiger partial charge in [0.2, 0.25) is 0 Å². The van der Waals surface area contributed by atoms with Gasteiger partial charge in [0.1, 0.15) is 12.1 Å². The topological polar surface area (TPSA) is 93.2 Å². The first-order valence-electron chi connectivity index (χ1n) is 8.16. The molecule has 4 rings (SSSR count). The molecule has 1 aliphatic rings. The van der Waals surface area contributed by atoms with Crippen LogP contribution < -0.4 is 10.6 Å². The van der Waals surface area contributed by atoms with E-state index in [-0.39, 0.29) is 30.7 Å². The molecule has 2 N–H and O–H groups in total. The van der Waals surface area contributed by atoms with Crippen molar-refractivity contribution in [2.45, 2.75) is 0 Å². The maximum absolute atomic E-state index is 12.6. The van der Waals surface area contributed by atoms with Crippen LogP contribution in [0.1, 0.15) is 10.4 Å². The first-order valence-corrected chi connectivity index (χ1v) is 8.16. The molecule has 2 aromatic heterocycles. The summed E-state index contributed by atoms with van der Waals surface area (Å²) in [6, 6.07) is 7.11. The number of aryl methyl sites for hydroxylation is 1. The highest BCUT2D eigenvalue weighted by Crippen LogP contribution is 2.23. The molecule has 10 heteroatoms. The van der Waals surface area contributed by atoms with E-state index < -0.39 is 0 Å². The average Bonchev–Trinajstić information content (AvgIpc) is 3.03. The second kappa shape index (κ2) is 8.41. The number of hydrogen-bond donors (Lipinski definition) is 1. The number of rotatable bonds is 2. The Bertz CT molecular complexity index is 938. The molecule has 0 spiro atoms. The van der Waals surface area contributed by atoms with Gasteiger partial charge < -0.3 is 15.5 Å². The number of benzene rings is 1. The number of nitrogens with zero attached hydrogens (tertiary/aromatic N) is 6. The lowest BCUT2D eigenvalue weighted by Crippen LogP contribution is -2.49. The number of amides is 1. The van der Waals surface area contributed by atoms with Crippen LogP contribution in [-0.2, 0) is 7.05 Å². The van der Waals surface area contributed by atoms with Crippen molar-refractivity contribution in [2.75, 3.05) is 36.8 Å². The average molecular weight is 410 g/mol. The predicted molar refractivity (Wildman–Crippen MR) is 110 cm³/mol. The second-order valence-corrected chi connectivity index (χ2v) is 6.11. The summed E-state index contributed by atoms with van der Waals surface area (Å²) >= 11 is 0. The van der Waals surface area contributed by atoms with Crippen LogP contribution in [0.2, 0.25) is 0 Å². The Morgan fingerprint density at radius 2 is 1.85 bits per heavy atom. The maximum Gasteiger partial charge on any atom is 0.254 e. The number of nitrogen functional groups attached to an aromatic ring is 1. The molecule has 0 unspecified atom stereocenters. The molecule has 3 heterocycles. The van der Waals surface area contributed by atoms with Gasteiger partial charge in [0.25, 0.3) is 5.91 Å². The largest absolute Gasteiger partial charge is 0.399 e. The van der Waals surface area contributed by atoms with Gasteiger partial charge in [-0.25, -0.2) is 9.97 Å². The van der Waals surface area contributed by atoms with Crippen LogP contribution in [0.25, 0.3) is 11.0 Å². The van der Waals surface area contributed by atoms with Gasteiger partial charge in [-0.15, -0.1) is 24.8 Å². The summed E-state index contributed by atoms with van der Waals surface area (Å²) in [4.78, 5) is 25.4. The van der Waals surface area contributed by atoms with Crippen LogP contribution in [-0.4, -0.2) is 56.7 Å². The summed E-state index contributed by atoms with van der Waals surface area (Å²) in [5.74, 6) is 0.885. The van der Waals surface area contributed by atoms with E-state index >= 15 is 0 Å². The molecule has 27 heavy (non-hydrogen) atoms. The lowest BCUT2D eigenvalue weighted by atomic mass is 10.1. The molecule has 1 saturated heterocycles. The maximum atomic E-state index is 12.6. The van der Waals surface area contributed by atoms with Crippen LogP contribution >= 0.6 is 24.8 Å². The second-order valence-electron chi connectivity index (χ2n) is 6.11. The molecular weight excluding hydrogens is 389 g/mol. The third kappa shape index (κ3) is 3.91. The van der Waals surface area contributed by atoms with Crippen molar-refractivity contribution in [3.05, 3.63) is 42.4 Å². The fourth-order valence-electron chi connectivity index (χ4n) is 3.18. The Kier molecular flexibility index (Phi) is 6.45. The standard InChI is InChI=1S/C17H19N7O.2ClH/c1-22-15-14(10-21-22)16(20-11-19-15)23-5-7-24(8-6-23)17(25)12-3-2-4-13(18)9-12;;/h2-4,9-11H,5-8,18H2,1H3;2*1H. The van der Waals surface area contributed by atoms with Crippen LogP contribution in [0.15, 0.2) is 36.8 Å². The van der Waals surface area contributed by atoms with E-state index in [9.17, 15) is 4.79 Å². The van der Waals surface area contributed by atoms with Gasteiger partial charge in [-0.3, -0.25) is 9.48 Å². The number of anilines is 2. The highest BCUT2D eigenvalue weighted by atomic mass is 35.5. The Morgan fingerprint density at radius 1 is 1.11 bits per heavy atom. The Labute approximate surface area is 169 Å². The molecule has 8 nitrogen and oxygen atoms in total. The highest BCUT2D eigenvalue weighted by molar-refractivity contribution is 5.95. The SMILES string of the molecule is Cl.Cl.Cn1ncc2c(N3CCN(C(=O)c4cccc(N)c4)CC3)ncnc21. The molecule has 0 saturated carbocycles. The monoisotopic (exact) mass is 409 g/mol. The van der Waals surface area contributed by atoms with E-state index in [4.69, 9.17) is 5.73 Å². The smallest absolute Gasteiger partial charge is 0.254 e. The van der Waals surface area contributed by atoms with Gasteiger partial charge in [-0.05, 0) is 18.2 Å². The van der Waals surface area contributed by atoms with Crippen molar-refractivity contribution in [1.29, 1.82) is 0 Å². The lowest BCUT2D eigenvalue weighted by molar-refractivity contribution is 0.0746. The minimum Gasteiger partial charge on any atom is -0.399 e. The summed E-state index contributed by atoms with van der Waals surface area (Å²) in [6.45, 7) is 2.71. The van der Waals surface area contributed by atoms with E-state index in [0.29, 0.717) is 24.3 Å². The van der Waals surface area contributed by atoms with Crippen molar-refractivity contribution in [3.8, 4) is 0 Å². The summed E-state index contributed by atoms with van der Waals surface area (Å²) in [7, 11) is 1.86. The Morgan fingerprint density at radius 3 is 2.56 bits per heavy atom. The number of nitrogens with two attached hydrogens (primary N) is 1. The number of piperazine rings is 1. The third-order valence-corrected chi connectivity index (χ3v) is 4.51. The zero-order valence-corrected chi connectivity index (χ0v) is 16.4. The summed E-state index contributed by atoms with van der Waals surface area (Å²) < 4.78 is 1.74. The Hall–Kier alpha value is -2.58. The van der Waals surface area contributed by atoms with Crippen molar-refractivity contribution < 1.29 is 4.79 Å². The van der Waals surface area contributed by atoms with E-state index in [1.807, 2.05) is 11.9 Å². The van der Waals surface area contributed by atoms with E-state index in [0.717, 1.165) is 29.9 Å². The number of aromatic nitrogens is 4. The number of halogens is 2. The van der Waals surface area contributed by atoms with Gasteiger partial charge in [0, 0.05) is 44.5 Å². The molecule has 1 aromatic carbocycles. The van der Waals surface area contributed by atoms with E-state index in [2.05, 4.69) is 20.0 Å². The molecule has 0 atom stereocenters. The quantitative estimate of drug-likeness (QED) is 0.648. The fourth-order valence-corrected chi connectivity index (χ4v) is 3.18. The molecule has 0 aliphatic carbocycles. The van der Waals surface area contributed by atoms with Crippen LogP contribution in [0, 0.1) is 0 Å². The molecule has 144 valence electrons. The van der Waals surface area contributed by atoms with E-state index in [1.165, 1.54) is 0 Å². The normalized spacial score (nSPS) is 13.8. The fraction of sp³-hybridized carbons (Fsp3) is 0.294. The van der Waals surface area contributed by atoms with Gasteiger partial charge in [0.05, 0.1) is 11.6 Å².